The fourth-order valence-electron chi connectivity index (χ4n) is 20.9. The first-order valence-corrected chi connectivity index (χ1v) is 48.9. The molecule has 7 nitrogen and oxygen atoms in total. The quantitative estimate of drug-likeness (QED) is 0.0945. The summed E-state index contributed by atoms with van der Waals surface area (Å²) in [6, 6.07) is 189. The minimum Gasteiger partial charge on any atom is -0.228 e. The van der Waals surface area contributed by atoms with E-state index in [9.17, 15) is 0 Å². The lowest BCUT2D eigenvalue weighted by Gasteiger charge is -2.14. The molecule has 0 spiro atoms. The number of aromatic nitrogens is 7. The Balaban J connectivity index is 0.000000113. The molecule has 0 N–H and O–H groups in total. The highest BCUT2D eigenvalue weighted by Gasteiger charge is 2.22. The fourth-order valence-corrected chi connectivity index (χ4v) is 20.9. The van der Waals surface area contributed by atoms with Gasteiger partial charge in [0, 0.05) is 44.5 Å². The van der Waals surface area contributed by atoms with E-state index in [1.54, 1.807) is 6.33 Å². The smallest absolute Gasteiger partial charge is 0.163 e. The van der Waals surface area contributed by atoms with Gasteiger partial charge in [-0.25, -0.2) is 34.9 Å². The van der Waals surface area contributed by atoms with Gasteiger partial charge in [0.1, 0.15) is 6.33 Å². The number of benzene rings is 24. The molecule has 27 aromatic rings. The van der Waals surface area contributed by atoms with Gasteiger partial charge in [-0.05, 0) is 229 Å². The second-order valence-electron chi connectivity index (χ2n) is 36.4. The van der Waals surface area contributed by atoms with E-state index in [1.807, 2.05) is 48.5 Å². The van der Waals surface area contributed by atoms with Gasteiger partial charge in [-0.1, -0.05) is 479 Å². The number of fused-ring (bicyclic) bond motifs is 18. The Morgan fingerprint density at radius 3 is 0.681 bits per heavy atom. The first kappa shape index (κ1) is 86.4. The second kappa shape index (κ2) is 38.3. The Morgan fingerprint density at radius 2 is 0.319 bits per heavy atom. The lowest BCUT2D eigenvalue weighted by atomic mass is 9.91. The van der Waals surface area contributed by atoms with E-state index < -0.39 is 0 Å². The maximum absolute atomic E-state index is 5.14. The average molecular weight is 1830 g/mol. The maximum Gasteiger partial charge on any atom is 0.163 e. The third-order valence-corrected chi connectivity index (χ3v) is 27.8. The summed E-state index contributed by atoms with van der Waals surface area (Å²) in [5, 5.41) is 23.1. The molecular weight excluding hydrogens is 1740 g/mol. The van der Waals surface area contributed by atoms with E-state index in [0.717, 1.165) is 117 Å². The Labute approximate surface area is 834 Å². The molecule has 0 aliphatic rings. The van der Waals surface area contributed by atoms with Crippen LogP contribution in [0.3, 0.4) is 0 Å². The highest BCUT2D eigenvalue weighted by atomic mass is 15.0. The molecule has 0 unspecified atom stereocenters. The molecule has 0 saturated carbocycles. The summed E-state index contributed by atoms with van der Waals surface area (Å²) in [5.41, 5.74) is 27.8. The summed E-state index contributed by atoms with van der Waals surface area (Å²) >= 11 is 0. The largest absolute Gasteiger partial charge is 0.228 e. The van der Waals surface area contributed by atoms with E-state index in [2.05, 4.69) is 495 Å². The molecule has 0 bridgehead atoms. The minimum atomic E-state index is 0.648. The molecule has 0 fully saturated rings. The Kier molecular flexibility index (Phi) is 23.0. The summed E-state index contributed by atoms with van der Waals surface area (Å²) in [5.74, 6) is 2.72. The number of hydrogen-bond acceptors (Lipinski definition) is 7. The molecule has 144 heavy (non-hydrogen) atoms. The zero-order valence-electron chi connectivity index (χ0n) is 78.5. The zero-order valence-corrected chi connectivity index (χ0v) is 78.5. The first-order valence-electron chi connectivity index (χ1n) is 48.9. The van der Waals surface area contributed by atoms with Gasteiger partial charge < -0.3 is 0 Å². The van der Waals surface area contributed by atoms with Crippen LogP contribution in [-0.2, 0) is 0 Å². The van der Waals surface area contributed by atoms with Crippen molar-refractivity contribution in [1.82, 2.24) is 34.9 Å². The molecule has 3 heterocycles. The molecule has 0 radical (unpaired) electrons. The fraction of sp³-hybridized carbons (Fsp3) is 0. The maximum atomic E-state index is 5.14. The third kappa shape index (κ3) is 16.8. The molecule has 24 aromatic carbocycles. The Bertz CT molecular complexity index is 9000. The van der Waals surface area contributed by atoms with Crippen LogP contribution in [0.5, 0.6) is 0 Å². The number of rotatable bonds is 15. The predicted molar refractivity (Wildman–Crippen MR) is 603 cm³/mol. The van der Waals surface area contributed by atoms with Crippen LogP contribution >= 0.6 is 0 Å². The van der Waals surface area contributed by atoms with Gasteiger partial charge in [-0.15, -0.1) is 0 Å². The van der Waals surface area contributed by atoms with Gasteiger partial charge in [0.25, 0.3) is 0 Å². The van der Waals surface area contributed by atoms with Crippen LogP contribution in [0.1, 0.15) is 0 Å². The second-order valence-corrected chi connectivity index (χ2v) is 36.4. The molecular formula is C137H89N7. The van der Waals surface area contributed by atoms with Crippen LogP contribution in [0.4, 0.5) is 0 Å². The summed E-state index contributed by atoms with van der Waals surface area (Å²) in [7, 11) is 0. The highest BCUT2D eigenvalue weighted by Crippen LogP contribution is 2.46. The normalized spacial score (nSPS) is 11.3. The van der Waals surface area contributed by atoms with Crippen LogP contribution < -0.4 is 0 Å². The minimum absolute atomic E-state index is 0.648. The topological polar surface area (TPSA) is 90.2 Å². The van der Waals surface area contributed by atoms with Crippen molar-refractivity contribution in [3.8, 4) is 168 Å². The third-order valence-electron chi connectivity index (χ3n) is 27.8. The summed E-state index contributed by atoms with van der Waals surface area (Å²) in [6.07, 6.45) is 1.61. The zero-order chi connectivity index (χ0) is 95.6. The molecule has 0 saturated heterocycles. The molecule has 0 amide bonds. The standard InChI is InChI=1S/2C46H30N2.C45H29N3/c1-3-14-31(15-4-1)44-30-45(48-46(47-44)32-16-5-2-6-17-32)42-25-12-7-20-36(42)35-19-13-18-33(28-35)34-26-27-41-39-23-9-8-21-37(39)38-22-10-11-24-40(38)43(41)29-34;1-3-14-31(15-4-1)44-30-45(32-16-5-2-6-17-32)48-46(47-44)42-25-12-7-20-36(42)35-19-13-18-33(28-35)34-26-27-41-39-23-9-8-21-37(39)38-22-10-11-24-40(38)43(41)29-34;1-2-12-30(13-3-1)31-14-11-17-35(27-31)44-46-29-47-45(48-44)42-23-9-4-18-36(42)34-16-10-15-32(26-34)33-24-25-41-39-21-6-5-19-37(39)38-20-7-8-22-40(38)43(41)28-33/h2*1-30H;1-29H. The van der Waals surface area contributed by atoms with Crippen molar-refractivity contribution >= 4 is 97.0 Å². The molecule has 0 atom stereocenters. The first-order chi connectivity index (χ1) is 71.4. The van der Waals surface area contributed by atoms with Crippen LogP contribution in [0.25, 0.3) is 265 Å². The van der Waals surface area contributed by atoms with Crippen molar-refractivity contribution < 1.29 is 0 Å². The average Bonchev–Trinajstić information content (AvgIpc) is 0.747. The van der Waals surface area contributed by atoms with Crippen molar-refractivity contribution in [2.24, 2.45) is 0 Å². The molecule has 3 aromatic heterocycles. The lowest BCUT2D eigenvalue weighted by molar-refractivity contribution is 1.07. The van der Waals surface area contributed by atoms with Crippen LogP contribution in [0.2, 0.25) is 0 Å². The van der Waals surface area contributed by atoms with E-state index in [1.165, 1.54) is 125 Å². The van der Waals surface area contributed by atoms with Gasteiger partial charge in [-0.2, -0.15) is 0 Å². The van der Waals surface area contributed by atoms with Crippen LogP contribution in [0, 0.1) is 0 Å². The highest BCUT2D eigenvalue weighted by molar-refractivity contribution is 6.28. The van der Waals surface area contributed by atoms with E-state index in [-0.39, 0.29) is 0 Å². The van der Waals surface area contributed by atoms with Gasteiger partial charge >= 0.3 is 0 Å². The van der Waals surface area contributed by atoms with Crippen LogP contribution in [-0.4, -0.2) is 34.9 Å². The van der Waals surface area contributed by atoms with Gasteiger partial charge in [0.2, 0.25) is 0 Å². The summed E-state index contributed by atoms with van der Waals surface area (Å²) in [6.45, 7) is 0. The molecule has 27 rings (SSSR count). The van der Waals surface area contributed by atoms with Crippen molar-refractivity contribution in [2.75, 3.05) is 0 Å². The van der Waals surface area contributed by atoms with Crippen molar-refractivity contribution in [3.05, 3.63) is 540 Å². The van der Waals surface area contributed by atoms with E-state index in [4.69, 9.17) is 24.9 Å². The van der Waals surface area contributed by atoms with Gasteiger partial charge in [0.05, 0.1) is 22.8 Å². The Morgan fingerprint density at radius 1 is 0.0972 bits per heavy atom. The monoisotopic (exact) mass is 1830 g/mol. The number of hydrogen-bond donors (Lipinski definition) is 0. The van der Waals surface area contributed by atoms with Gasteiger partial charge in [0.15, 0.2) is 23.3 Å². The van der Waals surface area contributed by atoms with Crippen molar-refractivity contribution in [3.63, 3.8) is 0 Å². The van der Waals surface area contributed by atoms with E-state index in [0.29, 0.717) is 23.3 Å². The van der Waals surface area contributed by atoms with Gasteiger partial charge in [-0.3, -0.25) is 0 Å². The van der Waals surface area contributed by atoms with Crippen LogP contribution in [0.15, 0.2) is 540 Å². The lowest BCUT2D eigenvalue weighted by Crippen LogP contribution is -1.97. The van der Waals surface area contributed by atoms with Crippen molar-refractivity contribution in [1.29, 1.82) is 0 Å². The molecule has 672 valence electrons. The number of nitrogens with zero attached hydrogens (tertiary/aromatic N) is 7. The SMILES string of the molecule is c1ccc(-c2cc(-c3ccccc3)nc(-c3ccccc3-c3cccc(-c4ccc5c6ccccc6c6ccccc6c5c4)c3)n2)cc1.c1ccc(-c2cc(-c3ccccc3-c3cccc(-c4ccc5c6ccccc6c6ccccc6c5c4)c3)nc(-c3ccccc3)n2)cc1.c1ccc(-c2cccc(-c3ncnc(-c4ccccc4-c4cccc(-c5ccc6c7ccccc7c7ccccc7c6c5)c4)n3)c2)cc1. The molecule has 0 aliphatic heterocycles. The van der Waals surface area contributed by atoms with Crippen molar-refractivity contribution in [2.45, 2.75) is 0 Å². The summed E-state index contributed by atoms with van der Waals surface area (Å²) < 4.78 is 0. The Hall–Kier alpha value is -19.2. The molecule has 0 aliphatic carbocycles. The van der Waals surface area contributed by atoms with E-state index >= 15 is 0 Å². The predicted octanol–water partition coefficient (Wildman–Crippen LogP) is 36.2. The molecule has 7 heteroatoms. The summed E-state index contributed by atoms with van der Waals surface area (Å²) in [4.78, 5) is 34.6.